The van der Waals surface area contributed by atoms with E-state index < -0.39 is 48.3 Å². The summed E-state index contributed by atoms with van der Waals surface area (Å²) in [6, 6.07) is 0. The minimum absolute atomic E-state index is 0.00627. The molecule has 1 atom stereocenters. The molecule has 2 aliphatic rings. The predicted octanol–water partition coefficient (Wildman–Crippen LogP) is 4.44. The lowest BCUT2D eigenvalue weighted by molar-refractivity contribution is -0.416. The first-order chi connectivity index (χ1) is 11.4. The van der Waals surface area contributed by atoms with Crippen molar-refractivity contribution in [1.82, 2.24) is 0 Å². The van der Waals surface area contributed by atoms with Crippen molar-refractivity contribution < 1.29 is 41.0 Å². The van der Waals surface area contributed by atoms with E-state index in [1.165, 1.54) is 0 Å². The molecule has 1 unspecified atom stereocenters. The van der Waals surface area contributed by atoms with Crippen molar-refractivity contribution in [3.05, 3.63) is 12.2 Å². The molecule has 0 aromatic heterocycles. The summed E-state index contributed by atoms with van der Waals surface area (Å²) in [6.07, 6.45) is -8.57. The fourth-order valence-corrected chi connectivity index (χ4v) is 3.62. The standard InChI is InChI=1S/C16H20F6O3/c17-15(18,19)14(24,16(20,21)22)13(9-5-2-6-10-13)25-12(23)11-7-3-1-4-8-11/h1,3,11,24H,2,4-10H2. The molecule has 144 valence electrons. The van der Waals surface area contributed by atoms with Gasteiger partial charge < -0.3 is 9.84 Å². The van der Waals surface area contributed by atoms with Gasteiger partial charge >= 0.3 is 18.3 Å². The summed E-state index contributed by atoms with van der Waals surface area (Å²) in [7, 11) is 0. The van der Waals surface area contributed by atoms with Crippen LogP contribution in [0.5, 0.6) is 0 Å². The lowest BCUT2D eigenvalue weighted by Gasteiger charge is -2.49. The summed E-state index contributed by atoms with van der Waals surface area (Å²) in [6.45, 7) is 0. The number of esters is 1. The van der Waals surface area contributed by atoms with Gasteiger partial charge in [-0.1, -0.05) is 18.6 Å². The highest BCUT2D eigenvalue weighted by molar-refractivity contribution is 5.73. The number of aliphatic hydroxyl groups is 1. The Hall–Kier alpha value is -1.25. The van der Waals surface area contributed by atoms with Gasteiger partial charge in [0.1, 0.15) is 0 Å². The topological polar surface area (TPSA) is 46.5 Å². The summed E-state index contributed by atoms with van der Waals surface area (Å²) >= 11 is 0. The van der Waals surface area contributed by atoms with Crippen LogP contribution < -0.4 is 0 Å². The Morgan fingerprint density at radius 3 is 2.00 bits per heavy atom. The number of halogens is 6. The number of carbonyl (C=O) groups excluding carboxylic acids is 1. The van der Waals surface area contributed by atoms with Crippen molar-refractivity contribution >= 4 is 5.97 Å². The molecule has 1 saturated carbocycles. The molecule has 0 aliphatic heterocycles. The number of ether oxygens (including phenoxy) is 1. The summed E-state index contributed by atoms with van der Waals surface area (Å²) in [5.41, 5.74) is -8.13. The van der Waals surface area contributed by atoms with Gasteiger partial charge in [-0.3, -0.25) is 4.79 Å². The van der Waals surface area contributed by atoms with E-state index in [1.54, 1.807) is 12.2 Å². The molecule has 1 N–H and O–H groups in total. The van der Waals surface area contributed by atoms with Gasteiger partial charge in [0.05, 0.1) is 5.92 Å². The monoisotopic (exact) mass is 374 g/mol. The number of hydrogen-bond acceptors (Lipinski definition) is 3. The van der Waals surface area contributed by atoms with Crippen molar-refractivity contribution in [2.24, 2.45) is 5.92 Å². The summed E-state index contributed by atoms with van der Waals surface area (Å²) in [5, 5.41) is 9.87. The Morgan fingerprint density at radius 2 is 1.56 bits per heavy atom. The van der Waals surface area contributed by atoms with Gasteiger partial charge in [0, 0.05) is 0 Å². The minimum Gasteiger partial charge on any atom is -0.455 e. The predicted molar refractivity (Wildman–Crippen MR) is 75.4 cm³/mol. The van der Waals surface area contributed by atoms with E-state index >= 15 is 0 Å². The molecule has 0 saturated heterocycles. The van der Waals surface area contributed by atoms with Crippen LogP contribution in [0.25, 0.3) is 0 Å². The molecule has 2 rings (SSSR count). The van der Waals surface area contributed by atoms with Crippen molar-refractivity contribution in [3.8, 4) is 0 Å². The Morgan fingerprint density at radius 1 is 1.00 bits per heavy atom. The van der Waals surface area contributed by atoms with E-state index in [9.17, 15) is 36.2 Å². The maximum atomic E-state index is 13.3. The molecule has 0 amide bonds. The van der Waals surface area contributed by atoms with Crippen LogP contribution in [0.1, 0.15) is 51.4 Å². The van der Waals surface area contributed by atoms with Gasteiger partial charge in [0.25, 0.3) is 5.60 Å². The lowest BCUT2D eigenvalue weighted by Crippen LogP contribution is -2.72. The van der Waals surface area contributed by atoms with Gasteiger partial charge in [0.2, 0.25) is 0 Å². The van der Waals surface area contributed by atoms with Gasteiger partial charge in [-0.2, -0.15) is 26.3 Å². The molecule has 1 fully saturated rings. The second kappa shape index (κ2) is 6.81. The Labute approximate surface area is 141 Å². The third kappa shape index (κ3) is 3.52. The number of carbonyl (C=O) groups is 1. The molecule has 0 aromatic carbocycles. The number of hydrogen-bond donors (Lipinski definition) is 1. The van der Waals surface area contributed by atoms with E-state index in [0.717, 1.165) is 0 Å². The molecule has 0 radical (unpaired) electrons. The largest absolute Gasteiger partial charge is 0.455 e. The molecule has 0 bridgehead atoms. The maximum absolute atomic E-state index is 13.3. The zero-order valence-electron chi connectivity index (χ0n) is 13.4. The fraction of sp³-hybridized carbons (Fsp3) is 0.812. The normalized spacial score (nSPS) is 24.8. The van der Waals surface area contributed by atoms with E-state index in [4.69, 9.17) is 4.74 Å². The molecule has 2 aliphatic carbocycles. The van der Waals surface area contributed by atoms with Crippen molar-refractivity contribution in [1.29, 1.82) is 0 Å². The lowest BCUT2D eigenvalue weighted by atomic mass is 9.71. The highest BCUT2D eigenvalue weighted by Gasteiger charge is 2.81. The number of rotatable bonds is 3. The Balaban J connectivity index is 2.42. The third-order valence-electron chi connectivity index (χ3n) is 5.04. The third-order valence-corrected chi connectivity index (χ3v) is 5.04. The average Bonchev–Trinajstić information content (AvgIpc) is 2.53. The molecule has 3 nitrogen and oxygen atoms in total. The van der Waals surface area contributed by atoms with Gasteiger partial charge in [0.15, 0.2) is 5.60 Å². The van der Waals surface area contributed by atoms with Crippen LogP contribution in [0.15, 0.2) is 12.2 Å². The van der Waals surface area contributed by atoms with Crippen LogP contribution in [0.4, 0.5) is 26.3 Å². The molecule has 0 aromatic rings. The maximum Gasteiger partial charge on any atom is 0.430 e. The first kappa shape index (κ1) is 20.1. The van der Waals surface area contributed by atoms with Crippen LogP contribution in [0.2, 0.25) is 0 Å². The summed E-state index contributed by atoms with van der Waals surface area (Å²) in [4.78, 5) is 12.3. The summed E-state index contributed by atoms with van der Waals surface area (Å²) in [5.74, 6) is -1.91. The van der Waals surface area contributed by atoms with E-state index in [-0.39, 0.29) is 19.3 Å². The second-order valence-corrected chi connectivity index (χ2v) is 6.66. The highest BCUT2D eigenvalue weighted by atomic mass is 19.4. The van der Waals surface area contributed by atoms with Gasteiger partial charge in [-0.15, -0.1) is 0 Å². The molecule has 9 heteroatoms. The minimum atomic E-state index is -6.02. The summed E-state index contributed by atoms with van der Waals surface area (Å²) < 4.78 is 85.0. The zero-order valence-corrected chi connectivity index (χ0v) is 13.4. The molecule has 0 spiro atoms. The quantitative estimate of drug-likeness (QED) is 0.451. The first-order valence-corrected chi connectivity index (χ1v) is 8.18. The van der Waals surface area contributed by atoms with Crippen LogP contribution in [0, 0.1) is 5.92 Å². The Bertz CT molecular complexity index is 503. The molecular weight excluding hydrogens is 354 g/mol. The van der Waals surface area contributed by atoms with E-state index in [2.05, 4.69) is 0 Å². The fourth-order valence-electron chi connectivity index (χ4n) is 3.62. The van der Waals surface area contributed by atoms with Crippen molar-refractivity contribution in [2.45, 2.75) is 74.9 Å². The van der Waals surface area contributed by atoms with Crippen LogP contribution in [0.3, 0.4) is 0 Å². The number of allylic oxidation sites excluding steroid dienone is 2. The van der Waals surface area contributed by atoms with Crippen molar-refractivity contribution in [2.75, 3.05) is 0 Å². The van der Waals surface area contributed by atoms with Crippen LogP contribution in [-0.4, -0.2) is 34.6 Å². The van der Waals surface area contributed by atoms with E-state index in [0.29, 0.717) is 19.3 Å². The zero-order chi connectivity index (χ0) is 18.9. The average molecular weight is 374 g/mol. The van der Waals surface area contributed by atoms with Gasteiger partial charge in [-0.25, -0.2) is 0 Å². The Kier molecular flexibility index (Phi) is 5.47. The molecule has 25 heavy (non-hydrogen) atoms. The van der Waals surface area contributed by atoms with Crippen LogP contribution in [-0.2, 0) is 9.53 Å². The van der Waals surface area contributed by atoms with Crippen LogP contribution >= 0.6 is 0 Å². The van der Waals surface area contributed by atoms with Gasteiger partial charge in [-0.05, 0) is 44.9 Å². The van der Waals surface area contributed by atoms with E-state index in [1.807, 2.05) is 0 Å². The smallest absolute Gasteiger partial charge is 0.430 e. The molecule has 0 heterocycles. The second-order valence-electron chi connectivity index (χ2n) is 6.66. The SMILES string of the molecule is O=C(OC1(C(O)(C(F)(F)F)C(F)(F)F)CCCCC1)C1CC=CCC1. The molecular formula is C16H20F6O3. The number of alkyl halides is 6. The highest BCUT2D eigenvalue weighted by Crippen LogP contribution is 2.55. The first-order valence-electron chi connectivity index (χ1n) is 8.18. The van der Waals surface area contributed by atoms with Crippen molar-refractivity contribution in [3.63, 3.8) is 0 Å².